The molecule has 1 aliphatic rings. The second kappa shape index (κ2) is 12.8. The molecule has 0 aliphatic heterocycles. The molecule has 0 N–H and O–H groups in total. The highest BCUT2D eigenvalue weighted by Gasteiger charge is 2.46. The minimum atomic E-state index is -0.462. The van der Waals surface area contributed by atoms with Crippen LogP contribution in [0.15, 0.2) is 218 Å². The lowest BCUT2D eigenvalue weighted by Gasteiger charge is -2.34. The predicted octanol–water partition coefficient (Wildman–Crippen LogP) is 13.9. The van der Waals surface area contributed by atoms with Crippen molar-refractivity contribution >= 4 is 10.8 Å². The van der Waals surface area contributed by atoms with Gasteiger partial charge in [0.2, 0.25) is 0 Å². The van der Waals surface area contributed by atoms with Crippen molar-refractivity contribution in [3.8, 4) is 55.6 Å². The van der Waals surface area contributed by atoms with Crippen molar-refractivity contribution in [3.05, 3.63) is 241 Å². The Hall–Kier alpha value is -6.76. The number of hydrogen-bond donors (Lipinski definition) is 0. The first-order valence-electron chi connectivity index (χ1n) is 18.4. The van der Waals surface area contributed by atoms with E-state index in [1.807, 2.05) is 0 Å². The Bertz CT molecular complexity index is 2690. The molecule has 0 unspecified atom stereocenters. The summed E-state index contributed by atoms with van der Waals surface area (Å²) in [5, 5.41) is 2.52. The van der Waals surface area contributed by atoms with Gasteiger partial charge in [0.25, 0.3) is 0 Å². The van der Waals surface area contributed by atoms with Gasteiger partial charge in [0.05, 0.1) is 5.41 Å². The molecule has 0 spiro atoms. The van der Waals surface area contributed by atoms with E-state index in [4.69, 9.17) is 0 Å². The zero-order chi connectivity index (χ0) is 35.2. The van der Waals surface area contributed by atoms with Crippen LogP contribution in [0, 0.1) is 0 Å². The Morgan fingerprint density at radius 1 is 0.226 bits per heavy atom. The Kier molecular flexibility index (Phi) is 7.48. The van der Waals surface area contributed by atoms with Crippen molar-refractivity contribution in [2.45, 2.75) is 5.41 Å². The van der Waals surface area contributed by atoms with E-state index >= 15 is 0 Å². The first kappa shape index (κ1) is 31.0. The summed E-state index contributed by atoms with van der Waals surface area (Å²) in [4.78, 5) is 0. The lowest BCUT2D eigenvalue weighted by atomic mass is 9.67. The smallest absolute Gasteiger partial charge is 0.0622 e. The number of fused-ring (bicyclic) bond motifs is 4. The minimum absolute atomic E-state index is 0.462. The Morgan fingerprint density at radius 2 is 0.660 bits per heavy atom. The molecule has 10 rings (SSSR count). The van der Waals surface area contributed by atoms with Gasteiger partial charge in [-0.25, -0.2) is 0 Å². The molecule has 0 bridgehead atoms. The molecule has 0 nitrogen and oxygen atoms in total. The molecule has 0 fully saturated rings. The molecule has 9 aromatic rings. The fourth-order valence-corrected chi connectivity index (χ4v) is 8.75. The second-order valence-corrected chi connectivity index (χ2v) is 14.0. The Morgan fingerprint density at radius 3 is 1.26 bits per heavy atom. The summed E-state index contributed by atoms with van der Waals surface area (Å²) in [6.45, 7) is 0. The van der Waals surface area contributed by atoms with E-state index in [-0.39, 0.29) is 0 Å². The highest BCUT2D eigenvalue weighted by Crippen LogP contribution is 2.57. The highest BCUT2D eigenvalue weighted by molar-refractivity contribution is 6.09. The summed E-state index contributed by atoms with van der Waals surface area (Å²) in [5.41, 5.74) is 17.1. The monoisotopic (exact) mass is 672 g/mol. The maximum atomic E-state index is 2.52. The fraction of sp³-hybridized carbons (Fsp3) is 0.0189. The van der Waals surface area contributed by atoms with Gasteiger partial charge < -0.3 is 0 Å². The number of benzene rings is 9. The van der Waals surface area contributed by atoms with Crippen molar-refractivity contribution in [2.75, 3.05) is 0 Å². The molecule has 1 aliphatic carbocycles. The number of rotatable bonds is 6. The third kappa shape index (κ3) is 5.06. The molecule has 0 radical (unpaired) electrons. The first-order valence-corrected chi connectivity index (χ1v) is 18.4. The molecular weight excluding hydrogens is 637 g/mol. The van der Waals surface area contributed by atoms with Crippen molar-refractivity contribution in [3.63, 3.8) is 0 Å². The zero-order valence-electron chi connectivity index (χ0n) is 29.3. The van der Waals surface area contributed by atoms with Gasteiger partial charge in [0.15, 0.2) is 0 Å². The molecule has 248 valence electrons. The van der Waals surface area contributed by atoms with Gasteiger partial charge in [-0.15, -0.1) is 0 Å². The van der Waals surface area contributed by atoms with Gasteiger partial charge >= 0.3 is 0 Å². The van der Waals surface area contributed by atoms with E-state index in [9.17, 15) is 0 Å². The van der Waals surface area contributed by atoms with Gasteiger partial charge in [-0.05, 0) is 107 Å². The number of hydrogen-bond acceptors (Lipinski definition) is 0. The zero-order valence-corrected chi connectivity index (χ0v) is 29.3. The van der Waals surface area contributed by atoms with Crippen LogP contribution in [0.4, 0.5) is 0 Å². The summed E-state index contributed by atoms with van der Waals surface area (Å²) in [6, 6.07) is 80.3. The van der Waals surface area contributed by atoms with E-state index in [0.717, 1.165) is 0 Å². The standard InChI is InChI=1S/C53H36/c1-5-16-37(17-6-1)41-20-15-21-42(34-41)38-28-30-40(31-29-38)46-33-32-45(39-18-7-2-8-19-39)48-35-50-47-26-13-14-27-51(47)53(52(50)36-49(46)48,43-22-9-3-10-23-43)44-24-11-4-12-25-44/h1-36H. The summed E-state index contributed by atoms with van der Waals surface area (Å²) in [5.74, 6) is 0. The molecule has 0 heteroatoms. The fourth-order valence-electron chi connectivity index (χ4n) is 8.75. The van der Waals surface area contributed by atoms with E-state index in [1.54, 1.807) is 0 Å². The molecule has 9 aromatic carbocycles. The molecule has 0 atom stereocenters. The first-order chi connectivity index (χ1) is 26.3. The van der Waals surface area contributed by atoms with E-state index in [1.165, 1.54) is 88.7 Å². The van der Waals surface area contributed by atoms with Crippen molar-refractivity contribution in [2.24, 2.45) is 0 Å². The molecule has 0 saturated heterocycles. The average Bonchev–Trinajstić information content (AvgIpc) is 3.54. The van der Waals surface area contributed by atoms with Gasteiger partial charge in [-0.1, -0.05) is 200 Å². The van der Waals surface area contributed by atoms with Crippen molar-refractivity contribution in [1.29, 1.82) is 0 Å². The SMILES string of the molecule is c1ccc(-c2cccc(-c3ccc(-c4ccc(-c5ccccc5)c5cc6c(cc45)C(c4ccccc4)(c4ccccc4)c4ccccc4-6)cc3)c2)cc1. The molecular formula is C53H36. The second-order valence-electron chi connectivity index (χ2n) is 14.0. The van der Waals surface area contributed by atoms with Gasteiger partial charge in [0.1, 0.15) is 0 Å². The quantitative estimate of drug-likeness (QED) is 0.165. The maximum absolute atomic E-state index is 2.52. The summed E-state index contributed by atoms with van der Waals surface area (Å²) in [6.07, 6.45) is 0. The molecule has 0 saturated carbocycles. The van der Waals surface area contributed by atoms with Gasteiger partial charge in [0, 0.05) is 0 Å². The van der Waals surface area contributed by atoms with Crippen LogP contribution in [-0.4, -0.2) is 0 Å². The van der Waals surface area contributed by atoms with Gasteiger partial charge in [-0.3, -0.25) is 0 Å². The van der Waals surface area contributed by atoms with Crippen molar-refractivity contribution < 1.29 is 0 Å². The molecule has 0 amide bonds. The van der Waals surface area contributed by atoms with Crippen molar-refractivity contribution in [1.82, 2.24) is 0 Å². The van der Waals surface area contributed by atoms with Gasteiger partial charge in [-0.2, -0.15) is 0 Å². The summed E-state index contributed by atoms with van der Waals surface area (Å²) in [7, 11) is 0. The van der Waals surface area contributed by atoms with Crippen LogP contribution in [0.3, 0.4) is 0 Å². The lowest BCUT2D eigenvalue weighted by Crippen LogP contribution is -2.28. The van der Waals surface area contributed by atoms with Crippen LogP contribution in [0.1, 0.15) is 22.3 Å². The largest absolute Gasteiger partial charge is 0.0713 e. The predicted molar refractivity (Wildman–Crippen MR) is 223 cm³/mol. The molecule has 0 aromatic heterocycles. The van der Waals surface area contributed by atoms with Crippen LogP contribution in [0.25, 0.3) is 66.4 Å². The third-order valence-corrected chi connectivity index (χ3v) is 11.2. The maximum Gasteiger partial charge on any atom is 0.0713 e. The summed E-state index contributed by atoms with van der Waals surface area (Å²) >= 11 is 0. The average molecular weight is 673 g/mol. The van der Waals surface area contributed by atoms with E-state index in [0.29, 0.717) is 0 Å². The van der Waals surface area contributed by atoms with Crippen LogP contribution in [-0.2, 0) is 5.41 Å². The topological polar surface area (TPSA) is 0 Å². The lowest BCUT2D eigenvalue weighted by molar-refractivity contribution is 0.769. The highest BCUT2D eigenvalue weighted by atomic mass is 14.5. The minimum Gasteiger partial charge on any atom is -0.0622 e. The van der Waals surface area contributed by atoms with Crippen LogP contribution in [0.5, 0.6) is 0 Å². The van der Waals surface area contributed by atoms with Crippen LogP contribution >= 0.6 is 0 Å². The van der Waals surface area contributed by atoms with Crippen LogP contribution < -0.4 is 0 Å². The molecule has 0 heterocycles. The van der Waals surface area contributed by atoms with E-state index < -0.39 is 5.41 Å². The van der Waals surface area contributed by atoms with Crippen LogP contribution in [0.2, 0.25) is 0 Å². The Balaban J connectivity index is 1.21. The normalized spacial score (nSPS) is 12.7. The Labute approximate surface area is 311 Å². The molecule has 53 heavy (non-hydrogen) atoms. The summed E-state index contributed by atoms with van der Waals surface area (Å²) < 4.78 is 0. The third-order valence-electron chi connectivity index (χ3n) is 11.2. The van der Waals surface area contributed by atoms with E-state index in [2.05, 4.69) is 218 Å².